The zero-order chi connectivity index (χ0) is 24.2. The van der Waals surface area contributed by atoms with Gasteiger partial charge in [0.2, 0.25) is 17.6 Å². The van der Waals surface area contributed by atoms with Crippen LogP contribution in [0.1, 0.15) is 33.8 Å². The second-order valence-electron chi connectivity index (χ2n) is 7.78. The average molecular weight is 457 g/mol. The molecule has 0 saturated carbocycles. The van der Waals surface area contributed by atoms with E-state index >= 15 is 0 Å². The number of rotatable bonds is 7. The highest BCUT2D eigenvalue weighted by atomic mass is 16.5. The molecule has 1 saturated heterocycles. The molecule has 2 N–H and O–H groups in total. The van der Waals surface area contributed by atoms with Crippen LogP contribution in [0.4, 0.5) is 5.69 Å². The lowest BCUT2D eigenvalue weighted by Gasteiger charge is -2.18. The summed E-state index contributed by atoms with van der Waals surface area (Å²) in [4.78, 5) is 26.0. The molecule has 0 aliphatic carbocycles. The minimum absolute atomic E-state index is 0.0650. The molecule has 172 valence electrons. The highest BCUT2D eigenvalue weighted by molar-refractivity contribution is 5.99. The second-order valence-corrected chi connectivity index (χ2v) is 7.78. The molecule has 0 aromatic heterocycles. The number of methoxy groups -OCH3 is 2. The van der Waals surface area contributed by atoms with Gasteiger partial charge in [0.15, 0.2) is 11.5 Å². The molecular formula is C26H23N3O5. The van der Waals surface area contributed by atoms with E-state index in [0.29, 0.717) is 46.4 Å². The van der Waals surface area contributed by atoms with Gasteiger partial charge in [-0.1, -0.05) is 18.2 Å². The van der Waals surface area contributed by atoms with Crippen molar-refractivity contribution in [2.45, 2.75) is 12.3 Å². The Balaban J connectivity index is 1.64. The topological polar surface area (TPSA) is 115 Å². The van der Waals surface area contributed by atoms with E-state index in [0.717, 1.165) is 5.56 Å². The second kappa shape index (κ2) is 9.55. The third-order valence-electron chi connectivity index (χ3n) is 5.76. The molecule has 0 spiro atoms. The Hall–Kier alpha value is -4.51. The van der Waals surface area contributed by atoms with Crippen molar-refractivity contribution in [3.05, 3.63) is 77.4 Å². The number of nitrogens with zero attached hydrogens (tertiary/aromatic N) is 2. The van der Waals surface area contributed by atoms with Gasteiger partial charge in [-0.15, -0.1) is 0 Å². The molecule has 1 aliphatic heterocycles. The van der Waals surface area contributed by atoms with E-state index in [9.17, 15) is 14.9 Å². The smallest absolute Gasteiger partial charge is 0.248 e. The van der Waals surface area contributed by atoms with Crippen LogP contribution in [0.2, 0.25) is 0 Å². The van der Waals surface area contributed by atoms with Gasteiger partial charge in [0.1, 0.15) is 11.8 Å². The fourth-order valence-electron chi connectivity index (χ4n) is 4.00. The standard InChI is InChI=1S/C26H23N3O5/c1-32-21-7-4-8-22(33-2)25(21)34-23-12-16(9-10-18(23)14-27)19-13-24(30)29(15-19)20-6-3-5-17(11-20)26(28)31/h3-12,19H,13,15H2,1-2H3,(H2,28,31)/t19-/m0/s1. The fraction of sp³-hybridized carbons (Fsp3) is 0.192. The summed E-state index contributed by atoms with van der Waals surface area (Å²) in [6, 6.07) is 19.4. The van der Waals surface area contributed by atoms with E-state index in [4.69, 9.17) is 19.9 Å². The van der Waals surface area contributed by atoms with Crippen molar-refractivity contribution < 1.29 is 23.8 Å². The highest BCUT2D eigenvalue weighted by Crippen LogP contribution is 2.42. The number of amides is 2. The lowest BCUT2D eigenvalue weighted by molar-refractivity contribution is -0.117. The number of hydrogen-bond acceptors (Lipinski definition) is 6. The summed E-state index contributed by atoms with van der Waals surface area (Å²) < 4.78 is 16.9. The molecule has 8 nitrogen and oxygen atoms in total. The number of hydrogen-bond donors (Lipinski definition) is 1. The largest absolute Gasteiger partial charge is 0.493 e. The van der Waals surface area contributed by atoms with Crippen LogP contribution in [0.15, 0.2) is 60.7 Å². The lowest BCUT2D eigenvalue weighted by Crippen LogP contribution is -2.24. The minimum Gasteiger partial charge on any atom is -0.493 e. The van der Waals surface area contributed by atoms with E-state index in [1.165, 1.54) is 14.2 Å². The van der Waals surface area contributed by atoms with Crippen LogP contribution in [0.5, 0.6) is 23.0 Å². The van der Waals surface area contributed by atoms with E-state index < -0.39 is 5.91 Å². The van der Waals surface area contributed by atoms with Crippen molar-refractivity contribution in [3.63, 3.8) is 0 Å². The molecule has 3 aromatic rings. The van der Waals surface area contributed by atoms with Gasteiger partial charge in [0.05, 0.1) is 19.8 Å². The third-order valence-corrected chi connectivity index (χ3v) is 5.76. The number of carbonyl (C=O) groups is 2. The van der Waals surface area contributed by atoms with Crippen LogP contribution in [0.3, 0.4) is 0 Å². The maximum Gasteiger partial charge on any atom is 0.248 e. The molecule has 0 unspecified atom stereocenters. The zero-order valence-electron chi connectivity index (χ0n) is 18.8. The molecule has 34 heavy (non-hydrogen) atoms. The maximum atomic E-state index is 12.8. The predicted octanol–water partition coefficient (Wildman–Crippen LogP) is 3.99. The number of para-hydroxylation sites is 1. The average Bonchev–Trinajstić information content (AvgIpc) is 3.25. The summed E-state index contributed by atoms with van der Waals surface area (Å²) in [5.74, 6) is 0.878. The third kappa shape index (κ3) is 4.36. The SMILES string of the molecule is COc1cccc(OC)c1Oc1cc([C@H]2CC(=O)N(c3cccc(C(N)=O)c3)C2)ccc1C#N. The number of carbonyl (C=O) groups excluding carboxylic acids is 2. The lowest BCUT2D eigenvalue weighted by atomic mass is 9.96. The van der Waals surface area contributed by atoms with E-state index in [1.807, 2.05) is 6.07 Å². The summed E-state index contributed by atoms with van der Waals surface area (Å²) in [7, 11) is 3.05. The summed E-state index contributed by atoms with van der Waals surface area (Å²) in [6.45, 7) is 0.421. The molecule has 4 rings (SSSR count). The molecule has 1 aliphatic rings. The first-order valence-corrected chi connectivity index (χ1v) is 10.6. The Bertz CT molecular complexity index is 1280. The number of nitrogens with two attached hydrogens (primary N) is 1. The van der Waals surface area contributed by atoms with Crippen LogP contribution in [-0.2, 0) is 4.79 Å². The van der Waals surface area contributed by atoms with Crippen molar-refractivity contribution in [1.29, 1.82) is 5.26 Å². The minimum atomic E-state index is -0.550. The summed E-state index contributed by atoms with van der Waals surface area (Å²) in [6.07, 6.45) is 0.282. The summed E-state index contributed by atoms with van der Waals surface area (Å²) in [5.41, 5.74) is 7.53. The van der Waals surface area contributed by atoms with Gasteiger partial charge >= 0.3 is 0 Å². The number of primary amides is 1. The van der Waals surface area contributed by atoms with Crippen LogP contribution in [-0.4, -0.2) is 32.6 Å². The van der Waals surface area contributed by atoms with Gasteiger partial charge < -0.3 is 24.8 Å². The number of ether oxygens (including phenoxy) is 3. The highest BCUT2D eigenvalue weighted by Gasteiger charge is 2.32. The molecule has 1 heterocycles. The molecule has 8 heteroatoms. The van der Waals surface area contributed by atoms with E-state index in [2.05, 4.69) is 6.07 Å². The summed E-state index contributed by atoms with van der Waals surface area (Å²) >= 11 is 0. The zero-order valence-corrected chi connectivity index (χ0v) is 18.8. The first kappa shape index (κ1) is 22.7. The van der Waals surface area contributed by atoms with Crippen molar-refractivity contribution in [1.82, 2.24) is 0 Å². The molecule has 1 atom stereocenters. The Labute approximate surface area is 197 Å². The quantitative estimate of drug-likeness (QED) is 0.574. The van der Waals surface area contributed by atoms with Gasteiger partial charge in [-0.25, -0.2) is 0 Å². The number of nitriles is 1. The van der Waals surface area contributed by atoms with Crippen LogP contribution in [0, 0.1) is 11.3 Å². The number of anilines is 1. The Morgan fingerprint density at radius 1 is 1.03 bits per heavy atom. The first-order chi connectivity index (χ1) is 16.4. The van der Waals surface area contributed by atoms with Gasteiger partial charge in [0, 0.05) is 30.1 Å². The molecule has 2 amide bonds. The van der Waals surface area contributed by atoms with Crippen molar-refractivity contribution in [2.75, 3.05) is 25.7 Å². The van der Waals surface area contributed by atoms with Crippen molar-refractivity contribution >= 4 is 17.5 Å². The van der Waals surface area contributed by atoms with Gasteiger partial charge in [-0.05, 0) is 48.0 Å². The Morgan fingerprint density at radius 2 is 1.74 bits per heavy atom. The van der Waals surface area contributed by atoms with Crippen LogP contribution in [0.25, 0.3) is 0 Å². The van der Waals surface area contributed by atoms with Crippen LogP contribution < -0.4 is 24.8 Å². The van der Waals surface area contributed by atoms with Crippen molar-refractivity contribution in [3.8, 4) is 29.1 Å². The molecule has 0 bridgehead atoms. The molecule has 1 fully saturated rings. The molecule has 0 radical (unpaired) electrons. The maximum absolute atomic E-state index is 12.8. The number of benzene rings is 3. The Kier molecular flexibility index (Phi) is 6.37. The van der Waals surface area contributed by atoms with Crippen molar-refractivity contribution in [2.24, 2.45) is 5.73 Å². The summed E-state index contributed by atoms with van der Waals surface area (Å²) in [5, 5.41) is 9.62. The van der Waals surface area contributed by atoms with Gasteiger partial charge in [-0.3, -0.25) is 9.59 Å². The Morgan fingerprint density at radius 3 is 2.38 bits per heavy atom. The van der Waals surface area contributed by atoms with Crippen LogP contribution >= 0.6 is 0 Å². The fourth-order valence-corrected chi connectivity index (χ4v) is 4.00. The monoisotopic (exact) mass is 457 g/mol. The predicted molar refractivity (Wildman–Crippen MR) is 125 cm³/mol. The van der Waals surface area contributed by atoms with E-state index in [-0.39, 0.29) is 18.2 Å². The molecular weight excluding hydrogens is 434 g/mol. The normalized spacial score (nSPS) is 15.0. The van der Waals surface area contributed by atoms with E-state index in [1.54, 1.807) is 59.5 Å². The molecule has 3 aromatic carbocycles. The first-order valence-electron chi connectivity index (χ1n) is 10.6. The van der Waals surface area contributed by atoms with Gasteiger partial charge in [-0.2, -0.15) is 5.26 Å². The van der Waals surface area contributed by atoms with Gasteiger partial charge in [0.25, 0.3) is 0 Å².